The van der Waals surface area contributed by atoms with Gasteiger partial charge in [-0.15, -0.1) is 0 Å². The number of carbonyl (C=O) groups excluding carboxylic acids is 3. The number of hydrogen-bond acceptors (Lipinski definition) is 4. The number of esters is 1. The summed E-state index contributed by atoms with van der Waals surface area (Å²) >= 11 is 6.93. The zero-order chi connectivity index (χ0) is 38.6. The van der Waals surface area contributed by atoms with Crippen molar-refractivity contribution in [1.82, 2.24) is 0 Å². The maximum atomic E-state index is 12.3. The Labute approximate surface area is 333 Å². The molecule has 4 nitrogen and oxygen atoms in total. The van der Waals surface area contributed by atoms with Crippen molar-refractivity contribution in [3.05, 3.63) is 138 Å². The van der Waals surface area contributed by atoms with Gasteiger partial charge < -0.3 is 4.74 Å². The fourth-order valence-electron chi connectivity index (χ4n) is 7.64. The molecule has 278 valence electrons. The van der Waals surface area contributed by atoms with Crippen molar-refractivity contribution in [2.45, 2.75) is 110 Å². The van der Waals surface area contributed by atoms with E-state index >= 15 is 0 Å². The highest BCUT2D eigenvalue weighted by molar-refractivity contribution is 9.10. The number of rotatable bonds is 4. The molecule has 0 fully saturated rings. The lowest BCUT2D eigenvalue weighted by Crippen LogP contribution is -2.27. The summed E-state index contributed by atoms with van der Waals surface area (Å²) in [5.41, 5.74) is 10.3. The third-order valence-corrected chi connectivity index (χ3v) is 12.0. The minimum absolute atomic E-state index is 0.0500. The molecule has 4 aromatic rings. The van der Waals surface area contributed by atoms with E-state index in [2.05, 4.69) is 110 Å². The van der Waals surface area contributed by atoms with Crippen LogP contribution >= 0.6 is 31.9 Å². The summed E-state index contributed by atoms with van der Waals surface area (Å²) in [7, 11) is 0. The van der Waals surface area contributed by atoms with Crippen molar-refractivity contribution in [3.8, 4) is 0 Å². The second-order valence-corrected chi connectivity index (χ2v) is 18.2. The molecular weight excluding hydrogens is 788 g/mol. The molecule has 53 heavy (non-hydrogen) atoms. The lowest BCUT2D eigenvalue weighted by atomic mass is 9.72. The molecule has 0 aromatic heterocycles. The molecule has 0 saturated heterocycles. The van der Waals surface area contributed by atoms with Crippen molar-refractivity contribution < 1.29 is 19.1 Å². The molecule has 0 radical (unpaired) electrons. The van der Waals surface area contributed by atoms with Crippen molar-refractivity contribution in [1.29, 1.82) is 0 Å². The highest BCUT2D eigenvalue weighted by Gasteiger charge is 2.32. The van der Waals surface area contributed by atoms with Crippen LogP contribution in [0.15, 0.2) is 87.8 Å². The Kier molecular flexibility index (Phi) is 12.9. The van der Waals surface area contributed by atoms with Crippen LogP contribution in [-0.4, -0.2) is 24.1 Å². The highest BCUT2D eigenvalue weighted by Crippen LogP contribution is 2.39. The summed E-state index contributed by atoms with van der Waals surface area (Å²) in [5.74, 6) is 0.202. The fraction of sp³-hybridized carbons (Fsp3) is 0.383. The third kappa shape index (κ3) is 9.93. The molecular formula is C47H52Br2O4. The van der Waals surface area contributed by atoms with Crippen LogP contribution in [0.4, 0.5) is 0 Å². The molecule has 0 aliphatic heterocycles. The molecule has 0 bridgehead atoms. The minimum atomic E-state index is -0.307. The summed E-state index contributed by atoms with van der Waals surface area (Å²) in [5, 5.41) is 0. The predicted molar refractivity (Wildman–Crippen MR) is 225 cm³/mol. The van der Waals surface area contributed by atoms with E-state index in [0.29, 0.717) is 30.4 Å². The molecule has 7 rings (SSSR count). The van der Waals surface area contributed by atoms with Crippen LogP contribution in [0.2, 0.25) is 0 Å². The maximum absolute atomic E-state index is 12.3. The Morgan fingerprint density at radius 2 is 1.11 bits per heavy atom. The third-order valence-electron chi connectivity index (χ3n) is 11.0. The van der Waals surface area contributed by atoms with E-state index in [4.69, 9.17) is 4.74 Å². The topological polar surface area (TPSA) is 60.4 Å². The molecule has 0 spiro atoms. The summed E-state index contributed by atoms with van der Waals surface area (Å²) < 4.78 is 7.19. The second kappa shape index (κ2) is 16.8. The summed E-state index contributed by atoms with van der Waals surface area (Å²) in [6, 6.07) is 26.1. The van der Waals surface area contributed by atoms with Gasteiger partial charge in [0.2, 0.25) is 0 Å². The van der Waals surface area contributed by atoms with Gasteiger partial charge in [0, 0.05) is 32.9 Å². The number of Topliss-reactive ketones (excluding diaryl/α,β-unsaturated/α-hetero) is 2. The normalized spacial score (nSPS) is 17.6. The molecule has 4 aromatic carbocycles. The molecule has 0 N–H and O–H groups in total. The first-order chi connectivity index (χ1) is 25.0. The van der Waals surface area contributed by atoms with E-state index in [9.17, 15) is 14.4 Å². The van der Waals surface area contributed by atoms with Gasteiger partial charge in [0.1, 0.15) is 0 Å². The molecule has 6 heteroatoms. The first-order valence-electron chi connectivity index (χ1n) is 18.8. The van der Waals surface area contributed by atoms with Crippen LogP contribution in [0.5, 0.6) is 0 Å². The molecule has 0 atom stereocenters. The standard InChI is InChI=1S/C23H24O3.C12H13BrO.C12H15Br/c1-4-26-22(25)18-10-7-16(8-11-18)5-6-17-9-12-20-19(15-17)21(24)13-14-23(20,2)3;1-12(2)6-5-11(14)9-7-8(13)3-4-10(9)12;1-12(2)7-3-4-9-8-10(13)5-6-11(9)12/h5-12,15H,4,13-14H2,1-3H3;3-4,7H,5-6H2,1-2H3;5-6,8H,3-4,7H2,1-2H3/b6-5+;;. The Hall–Kier alpha value is -3.61. The molecule has 0 amide bonds. The van der Waals surface area contributed by atoms with Gasteiger partial charge in [-0.1, -0.05) is 122 Å². The van der Waals surface area contributed by atoms with Gasteiger partial charge in [0.05, 0.1) is 12.2 Å². The number of carbonyl (C=O) groups is 3. The number of fused-ring (bicyclic) bond motifs is 3. The molecule has 3 aliphatic rings. The van der Waals surface area contributed by atoms with Gasteiger partial charge in [-0.25, -0.2) is 4.79 Å². The first kappa shape index (κ1) is 40.6. The van der Waals surface area contributed by atoms with Gasteiger partial charge in [-0.05, 0) is 131 Å². The summed E-state index contributed by atoms with van der Waals surface area (Å²) in [6.07, 6.45) is 11.0. The van der Waals surface area contributed by atoms with Gasteiger partial charge >= 0.3 is 5.97 Å². The molecule has 0 unspecified atom stereocenters. The van der Waals surface area contributed by atoms with Crippen LogP contribution in [-0.2, 0) is 27.4 Å². The monoisotopic (exact) mass is 838 g/mol. The van der Waals surface area contributed by atoms with Crippen molar-refractivity contribution in [2.24, 2.45) is 0 Å². The lowest BCUT2D eigenvalue weighted by molar-refractivity contribution is 0.0526. The smallest absolute Gasteiger partial charge is 0.338 e. The summed E-state index contributed by atoms with van der Waals surface area (Å²) in [6.45, 7) is 15.6. The van der Waals surface area contributed by atoms with Gasteiger partial charge in [-0.3, -0.25) is 9.59 Å². The van der Waals surface area contributed by atoms with E-state index in [1.54, 1.807) is 24.6 Å². The van der Waals surface area contributed by atoms with E-state index in [0.717, 1.165) is 45.1 Å². The van der Waals surface area contributed by atoms with Gasteiger partial charge in [-0.2, -0.15) is 0 Å². The largest absolute Gasteiger partial charge is 0.462 e. The maximum Gasteiger partial charge on any atom is 0.338 e. The zero-order valence-corrected chi connectivity index (χ0v) is 35.4. The van der Waals surface area contributed by atoms with Crippen LogP contribution in [0.1, 0.15) is 151 Å². The molecule has 0 saturated carbocycles. The van der Waals surface area contributed by atoms with Crippen molar-refractivity contribution >= 4 is 61.5 Å². The number of hydrogen-bond donors (Lipinski definition) is 0. The predicted octanol–water partition coefficient (Wildman–Crippen LogP) is 13.1. The lowest BCUT2D eigenvalue weighted by Gasteiger charge is -2.32. The average Bonchev–Trinajstić information content (AvgIpc) is 3.11. The van der Waals surface area contributed by atoms with Crippen LogP contribution in [0.3, 0.4) is 0 Å². The Balaban J connectivity index is 0.000000168. The Morgan fingerprint density at radius 3 is 1.72 bits per heavy atom. The van der Waals surface area contributed by atoms with Gasteiger partial charge in [0.25, 0.3) is 0 Å². The van der Waals surface area contributed by atoms with Crippen molar-refractivity contribution in [2.75, 3.05) is 6.61 Å². The second-order valence-electron chi connectivity index (χ2n) is 16.3. The first-order valence-corrected chi connectivity index (χ1v) is 20.3. The average molecular weight is 841 g/mol. The SMILES string of the molecule is CC1(C)CCC(=O)c2cc(Br)ccc21.CC1(C)CCCc2cc(Br)ccc21.CCOC(=O)c1ccc(/C=C/c2ccc3c(c2)C(=O)CCC3(C)C)cc1. The fourth-order valence-corrected chi connectivity index (χ4v) is 8.41. The molecule has 0 heterocycles. The Morgan fingerprint density at radius 1 is 0.623 bits per heavy atom. The number of ketones is 2. The quantitative estimate of drug-likeness (QED) is 0.152. The van der Waals surface area contributed by atoms with Crippen LogP contribution in [0, 0.1) is 0 Å². The van der Waals surface area contributed by atoms with Gasteiger partial charge in [0.15, 0.2) is 11.6 Å². The highest BCUT2D eigenvalue weighted by atomic mass is 79.9. The summed E-state index contributed by atoms with van der Waals surface area (Å²) in [4.78, 5) is 35.7. The number of ether oxygens (including phenoxy) is 1. The van der Waals surface area contributed by atoms with E-state index in [-0.39, 0.29) is 28.4 Å². The number of aryl methyl sites for hydroxylation is 1. The van der Waals surface area contributed by atoms with E-state index < -0.39 is 0 Å². The minimum Gasteiger partial charge on any atom is -0.462 e. The molecule has 3 aliphatic carbocycles. The number of halogens is 2. The van der Waals surface area contributed by atoms with Crippen LogP contribution in [0.25, 0.3) is 12.2 Å². The Bertz CT molecular complexity index is 2020. The van der Waals surface area contributed by atoms with Crippen LogP contribution < -0.4 is 0 Å². The van der Waals surface area contributed by atoms with E-state index in [1.165, 1.54) is 34.9 Å². The van der Waals surface area contributed by atoms with E-state index in [1.807, 2.05) is 42.5 Å². The van der Waals surface area contributed by atoms with Crippen molar-refractivity contribution in [3.63, 3.8) is 0 Å². The zero-order valence-electron chi connectivity index (χ0n) is 32.2. The number of benzene rings is 4.